The first-order chi connectivity index (χ1) is 6.36. The van der Waals surface area contributed by atoms with Gasteiger partial charge in [-0.15, -0.1) is 0 Å². The van der Waals surface area contributed by atoms with Gasteiger partial charge in [-0.05, 0) is 18.8 Å². The molecule has 0 atom stereocenters. The van der Waals surface area contributed by atoms with Crippen LogP contribution in [0.5, 0.6) is 0 Å². The zero-order valence-electron chi connectivity index (χ0n) is 8.60. The first kappa shape index (κ1) is 10.4. The lowest BCUT2D eigenvalue weighted by molar-refractivity contribution is -0.0933. The van der Waals surface area contributed by atoms with Crippen LogP contribution in [0.15, 0.2) is 0 Å². The van der Waals surface area contributed by atoms with Gasteiger partial charge in [-0.25, -0.2) is 8.42 Å². The summed E-state index contributed by atoms with van der Waals surface area (Å²) in [6.45, 7) is 4.40. The van der Waals surface area contributed by atoms with Gasteiger partial charge < -0.3 is 5.11 Å². The molecule has 0 bridgehead atoms. The van der Waals surface area contributed by atoms with E-state index in [0.717, 1.165) is 12.8 Å². The lowest BCUT2D eigenvalue weighted by Crippen LogP contribution is -2.66. The Balaban J connectivity index is 2.00. The summed E-state index contributed by atoms with van der Waals surface area (Å²) in [6.07, 6.45) is 1.58. The van der Waals surface area contributed by atoms with Gasteiger partial charge in [0, 0.05) is 13.1 Å². The van der Waals surface area contributed by atoms with Gasteiger partial charge in [-0.3, -0.25) is 0 Å². The summed E-state index contributed by atoms with van der Waals surface area (Å²) in [5.74, 6) is 0.119. The fraction of sp³-hybridized carbons (Fsp3) is 1.00. The molecule has 0 radical (unpaired) electrons. The van der Waals surface area contributed by atoms with Crippen molar-refractivity contribution in [3.63, 3.8) is 0 Å². The highest BCUT2D eigenvalue weighted by molar-refractivity contribution is 7.90. The SMILES string of the molecule is CC(C)C1(O)CN(S(=O)(=O)C2CC2)C1. The van der Waals surface area contributed by atoms with Crippen LogP contribution in [0.1, 0.15) is 26.7 Å². The van der Waals surface area contributed by atoms with E-state index < -0.39 is 15.6 Å². The normalized spacial score (nSPS) is 27.7. The largest absolute Gasteiger partial charge is 0.387 e. The number of hydrogen-bond acceptors (Lipinski definition) is 3. The minimum Gasteiger partial charge on any atom is -0.387 e. The monoisotopic (exact) mass is 219 g/mol. The fourth-order valence-corrected chi connectivity index (χ4v) is 3.65. The Labute approximate surface area is 85.0 Å². The van der Waals surface area contributed by atoms with Crippen LogP contribution in [0, 0.1) is 5.92 Å². The second kappa shape index (κ2) is 2.93. The molecule has 2 rings (SSSR count). The van der Waals surface area contributed by atoms with Crippen LogP contribution >= 0.6 is 0 Å². The molecule has 1 aliphatic heterocycles. The molecule has 2 aliphatic rings. The van der Waals surface area contributed by atoms with E-state index in [0.29, 0.717) is 0 Å². The summed E-state index contributed by atoms with van der Waals surface area (Å²) in [7, 11) is -3.06. The zero-order valence-corrected chi connectivity index (χ0v) is 9.42. The van der Waals surface area contributed by atoms with Crippen molar-refractivity contribution in [3.8, 4) is 0 Å². The number of rotatable bonds is 3. The van der Waals surface area contributed by atoms with Gasteiger partial charge in [-0.2, -0.15) is 4.31 Å². The van der Waals surface area contributed by atoms with Crippen molar-refractivity contribution in [3.05, 3.63) is 0 Å². The molecular weight excluding hydrogens is 202 g/mol. The molecule has 1 N–H and O–H groups in total. The number of hydrogen-bond donors (Lipinski definition) is 1. The van der Waals surface area contributed by atoms with Gasteiger partial charge in [-0.1, -0.05) is 13.8 Å². The molecule has 4 nitrogen and oxygen atoms in total. The van der Waals surface area contributed by atoms with Crippen LogP contribution < -0.4 is 0 Å². The lowest BCUT2D eigenvalue weighted by atomic mass is 9.85. The molecule has 5 heteroatoms. The molecule has 0 unspecified atom stereocenters. The van der Waals surface area contributed by atoms with E-state index in [1.165, 1.54) is 4.31 Å². The third kappa shape index (κ3) is 1.47. The first-order valence-corrected chi connectivity index (χ1v) is 6.58. The third-order valence-electron chi connectivity index (χ3n) is 3.28. The first-order valence-electron chi connectivity index (χ1n) is 5.07. The number of sulfonamides is 1. The van der Waals surface area contributed by atoms with Gasteiger partial charge in [0.15, 0.2) is 0 Å². The summed E-state index contributed by atoms with van der Waals surface area (Å²) < 4.78 is 24.8. The predicted octanol–water partition coefficient (Wildman–Crippen LogP) is 0.181. The maximum absolute atomic E-state index is 11.7. The van der Waals surface area contributed by atoms with Crippen molar-refractivity contribution in [1.29, 1.82) is 0 Å². The van der Waals surface area contributed by atoms with Crippen LogP contribution in [0.3, 0.4) is 0 Å². The smallest absolute Gasteiger partial charge is 0.217 e. The van der Waals surface area contributed by atoms with Crippen LogP contribution in [-0.2, 0) is 10.0 Å². The van der Waals surface area contributed by atoms with Gasteiger partial charge >= 0.3 is 0 Å². The molecule has 2 fully saturated rings. The van der Waals surface area contributed by atoms with E-state index in [1.807, 2.05) is 13.8 Å². The predicted molar refractivity (Wildman–Crippen MR) is 53.3 cm³/mol. The summed E-state index contributed by atoms with van der Waals surface area (Å²) in [4.78, 5) is 0. The van der Waals surface area contributed by atoms with Crippen LogP contribution in [0.25, 0.3) is 0 Å². The van der Waals surface area contributed by atoms with Gasteiger partial charge in [0.25, 0.3) is 0 Å². The Morgan fingerprint density at radius 2 is 1.86 bits per heavy atom. The zero-order chi connectivity index (χ0) is 10.6. The molecule has 0 amide bonds. The number of nitrogens with zero attached hydrogens (tertiary/aromatic N) is 1. The Bertz CT molecular complexity index is 326. The van der Waals surface area contributed by atoms with E-state index in [4.69, 9.17) is 0 Å². The summed E-state index contributed by atoms with van der Waals surface area (Å²) >= 11 is 0. The molecule has 0 aromatic rings. The van der Waals surface area contributed by atoms with E-state index in [1.54, 1.807) is 0 Å². The van der Waals surface area contributed by atoms with Crippen molar-refractivity contribution < 1.29 is 13.5 Å². The molecule has 1 saturated heterocycles. The highest BCUT2D eigenvalue weighted by Crippen LogP contribution is 2.37. The Kier molecular flexibility index (Phi) is 2.18. The third-order valence-corrected chi connectivity index (χ3v) is 5.57. The molecule has 1 saturated carbocycles. The molecule has 0 spiro atoms. The Hall–Kier alpha value is -0.130. The fourth-order valence-electron chi connectivity index (χ4n) is 1.69. The van der Waals surface area contributed by atoms with E-state index in [2.05, 4.69) is 0 Å². The summed E-state index contributed by atoms with van der Waals surface area (Å²) in [5.41, 5.74) is -0.790. The molecule has 14 heavy (non-hydrogen) atoms. The maximum Gasteiger partial charge on any atom is 0.217 e. The van der Waals surface area contributed by atoms with E-state index >= 15 is 0 Å². The standard InChI is InChI=1S/C9H17NO3S/c1-7(2)9(11)5-10(6-9)14(12,13)8-3-4-8/h7-8,11H,3-6H2,1-2H3. The average molecular weight is 219 g/mol. The Morgan fingerprint density at radius 1 is 1.36 bits per heavy atom. The molecule has 82 valence electrons. The number of β-amino-alcohol motifs (C(OH)–C–C–N with tert-alkyl or cyclic N) is 1. The van der Waals surface area contributed by atoms with Crippen molar-refractivity contribution >= 4 is 10.0 Å². The molecule has 1 aliphatic carbocycles. The lowest BCUT2D eigenvalue weighted by Gasteiger charge is -2.48. The minimum absolute atomic E-state index is 0.119. The van der Waals surface area contributed by atoms with Gasteiger partial charge in [0.05, 0.1) is 10.9 Å². The maximum atomic E-state index is 11.7. The average Bonchev–Trinajstić information content (AvgIpc) is 2.79. The van der Waals surface area contributed by atoms with Crippen LogP contribution in [0.2, 0.25) is 0 Å². The summed E-state index contributed by atoms with van der Waals surface area (Å²) in [6, 6.07) is 0. The molecule has 0 aromatic heterocycles. The molecule has 1 heterocycles. The highest BCUT2D eigenvalue weighted by Gasteiger charge is 2.52. The van der Waals surface area contributed by atoms with Crippen LogP contribution in [-0.4, -0.2) is 41.8 Å². The van der Waals surface area contributed by atoms with Crippen molar-refractivity contribution in [2.45, 2.75) is 37.5 Å². The van der Waals surface area contributed by atoms with Crippen LogP contribution in [0.4, 0.5) is 0 Å². The second-order valence-electron chi connectivity index (χ2n) is 4.77. The van der Waals surface area contributed by atoms with Crippen molar-refractivity contribution in [2.75, 3.05) is 13.1 Å². The topological polar surface area (TPSA) is 57.6 Å². The van der Waals surface area contributed by atoms with Gasteiger partial charge in [0.2, 0.25) is 10.0 Å². The summed E-state index contributed by atoms with van der Waals surface area (Å²) in [5, 5.41) is 9.76. The van der Waals surface area contributed by atoms with Crippen molar-refractivity contribution in [1.82, 2.24) is 4.31 Å². The van der Waals surface area contributed by atoms with E-state index in [-0.39, 0.29) is 24.3 Å². The molecule has 0 aromatic carbocycles. The molecular formula is C9H17NO3S. The highest BCUT2D eigenvalue weighted by atomic mass is 32.2. The Morgan fingerprint density at radius 3 is 2.21 bits per heavy atom. The van der Waals surface area contributed by atoms with Crippen molar-refractivity contribution in [2.24, 2.45) is 5.92 Å². The van der Waals surface area contributed by atoms with Gasteiger partial charge in [0.1, 0.15) is 0 Å². The quantitative estimate of drug-likeness (QED) is 0.736. The minimum atomic E-state index is -3.06. The number of aliphatic hydroxyl groups is 1. The van der Waals surface area contributed by atoms with E-state index in [9.17, 15) is 13.5 Å². The second-order valence-corrected chi connectivity index (χ2v) is 6.98.